The summed E-state index contributed by atoms with van der Waals surface area (Å²) >= 11 is 6.15. The molecule has 13 heteroatoms. The molecule has 0 aromatic carbocycles. The van der Waals surface area contributed by atoms with E-state index in [1.807, 2.05) is 0 Å². The van der Waals surface area contributed by atoms with Crippen LogP contribution >= 0.6 is 11.1 Å². The van der Waals surface area contributed by atoms with E-state index < -0.39 is 21.8 Å². The molecule has 2 aliphatic heterocycles. The lowest BCUT2D eigenvalue weighted by molar-refractivity contribution is -0.161. The normalized spacial score (nSPS) is 34.0. The number of allylic oxidation sites excluding steroid dienone is 6. The Labute approximate surface area is 413 Å². The second-order valence-electron chi connectivity index (χ2n) is 23.6. The molecule has 67 heavy (non-hydrogen) atoms. The summed E-state index contributed by atoms with van der Waals surface area (Å²) < 4.78 is 17.6. The molecular formula is C54H93ClN2O8Si2. The smallest absolute Gasteiger partial charge is 0.308 e. The van der Waals surface area contributed by atoms with Gasteiger partial charge < -0.3 is 34.2 Å². The van der Waals surface area contributed by atoms with Crippen LogP contribution in [0.15, 0.2) is 66.3 Å². The number of hydrogen-bond acceptors (Lipinski definition) is 9. The molecule has 4 aliphatic carbocycles. The maximum atomic E-state index is 12.3. The van der Waals surface area contributed by atoms with Crippen LogP contribution in [-0.2, 0) is 23.5 Å². The number of aliphatic hydroxyl groups excluding tert-OH is 3. The second-order valence-corrected chi connectivity index (χ2v) is 35.6. The van der Waals surface area contributed by atoms with Gasteiger partial charge in [0, 0.05) is 37.1 Å². The van der Waals surface area contributed by atoms with Crippen LogP contribution < -0.4 is 0 Å². The number of cyclic esters (lactones) is 2. The molecule has 7 rings (SSSR count). The number of carbonyl (C=O) groups excluding carboxylic acids is 2. The van der Waals surface area contributed by atoms with E-state index in [-0.39, 0.29) is 73.2 Å². The molecule has 0 saturated carbocycles. The number of hydrogen-bond donors (Lipinski definition) is 4. The van der Waals surface area contributed by atoms with Gasteiger partial charge in [0.05, 0.1) is 43.6 Å². The number of ether oxygens (including phenoxy) is 2. The summed E-state index contributed by atoms with van der Waals surface area (Å²) in [6, 6.07) is 0. The van der Waals surface area contributed by atoms with Gasteiger partial charge in [0.2, 0.25) is 0 Å². The fourth-order valence-electron chi connectivity index (χ4n) is 9.98. The van der Waals surface area contributed by atoms with Crippen molar-refractivity contribution in [3.63, 3.8) is 0 Å². The molecule has 1 aromatic heterocycles. The lowest BCUT2D eigenvalue weighted by atomic mass is 9.65. The van der Waals surface area contributed by atoms with E-state index in [2.05, 4.69) is 142 Å². The topological polar surface area (TPSA) is 151 Å². The number of carbonyl (C=O) groups is 2. The number of nitrogens with zero attached hydrogens (tertiary/aromatic N) is 1. The summed E-state index contributed by atoms with van der Waals surface area (Å²) in [5.41, 5.74) is 2.56. The molecule has 0 amide bonds. The average Bonchev–Trinajstić information content (AvgIpc) is 3.77. The van der Waals surface area contributed by atoms with Crippen LogP contribution in [0.5, 0.6) is 0 Å². The van der Waals surface area contributed by atoms with Crippen LogP contribution in [0.2, 0.25) is 36.3 Å². The maximum Gasteiger partial charge on any atom is 0.308 e. The zero-order valence-corrected chi connectivity index (χ0v) is 45.8. The zero-order chi connectivity index (χ0) is 49.4. The molecule has 0 spiro atoms. The number of rotatable bonds is 8. The van der Waals surface area contributed by atoms with Gasteiger partial charge in [0.1, 0.15) is 12.2 Å². The fraction of sp³-hybridized carbons (Fsp3) is 0.759. The van der Waals surface area contributed by atoms with Crippen molar-refractivity contribution in [2.24, 2.45) is 47.3 Å². The number of nitrogens with one attached hydrogen (secondary N) is 1. The van der Waals surface area contributed by atoms with Crippen LogP contribution in [0.1, 0.15) is 141 Å². The molecule has 10 nitrogen and oxygen atoms in total. The van der Waals surface area contributed by atoms with Crippen molar-refractivity contribution in [1.82, 2.24) is 9.97 Å². The second kappa shape index (κ2) is 25.2. The van der Waals surface area contributed by atoms with Crippen molar-refractivity contribution in [2.45, 2.75) is 214 Å². The van der Waals surface area contributed by atoms with E-state index in [4.69, 9.17) is 25.0 Å². The SMILES string of the molecule is C.CC(C)(C)[Si](C)(C)Cl.CC1C=C2C=CC(C)C(CCC3CC(O)CC(=O)O3)C2C(O)C1.CC1C=C2C=CC(C)C(CCC3CC(O[Si](C)(C)C(C)(C)C)CC(=O)O3)C2C(O)C1.c1c[nH]cn1. The van der Waals surface area contributed by atoms with E-state index in [1.54, 1.807) is 18.7 Å². The van der Waals surface area contributed by atoms with Gasteiger partial charge in [-0.15, -0.1) is 0 Å². The number of halogens is 1. The molecular weight excluding hydrogens is 896 g/mol. The Morgan fingerprint density at radius 1 is 0.716 bits per heavy atom. The Kier molecular flexibility index (Phi) is 22.2. The van der Waals surface area contributed by atoms with E-state index in [0.29, 0.717) is 53.4 Å². The molecule has 0 radical (unpaired) electrons. The van der Waals surface area contributed by atoms with E-state index in [9.17, 15) is 24.9 Å². The molecule has 14 unspecified atom stereocenters. The number of esters is 2. The van der Waals surface area contributed by atoms with Gasteiger partial charge in [0.25, 0.3) is 0 Å². The minimum absolute atomic E-state index is 0. The van der Waals surface area contributed by atoms with Crippen LogP contribution in [-0.4, -0.2) is 89.6 Å². The van der Waals surface area contributed by atoms with Crippen molar-refractivity contribution in [3.8, 4) is 0 Å². The number of aromatic nitrogens is 2. The number of fused-ring (bicyclic) bond motifs is 2. The third-order valence-corrected chi connectivity index (χ3v) is 25.6. The molecule has 4 N–H and O–H groups in total. The van der Waals surface area contributed by atoms with Gasteiger partial charge in [-0.1, -0.05) is 126 Å². The Morgan fingerprint density at radius 3 is 1.54 bits per heavy atom. The highest BCUT2D eigenvalue weighted by atomic mass is 35.6. The Morgan fingerprint density at radius 2 is 1.16 bits per heavy atom. The van der Waals surface area contributed by atoms with Crippen LogP contribution in [0.3, 0.4) is 0 Å². The molecule has 382 valence electrons. The summed E-state index contributed by atoms with van der Waals surface area (Å²) in [4.78, 5) is 30.2. The van der Waals surface area contributed by atoms with Gasteiger partial charge in [-0.2, -0.15) is 11.1 Å². The first-order valence-electron chi connectivity index (χ1n) is 25.1. The van der Waals surface area contributed by atoms with Gasteiger partial charge in [-0.05, 0) is 108 Å². The lowest BCUT2D eigenvalue weighted by Crippen LogP contribution is -2.47. The Bertz CT molecular complexity index is 1780. The van der Waals surface area contributed by atoms with Crippen molar-refractivity contribution >= 4 is 38.7 Å². The highest BCUT2D eigenvalue weighted by Crippen LogP contribution is 2.46. The molecule has 0 bridgehead atoms. The number of aliphatic hydroxyl groups is 3. The monoisotopic (exact) mass is 989 g/mol. The van der Waals surface area contributed by atoms with E-state index in [0.717, 1.165) is 44.9 Å². The molecule has 3 heterocycles. The third-order valence-electron chi connectivity index (χ3n) is 15.8. The van der Waals surface area contributed by atoms with Crippen molar-refractivity contribution in [1.29, 1.82) is 0 Å². The quantitative estimate of drug-likeness (QED) is 0.113. The van der Waals surface area contributed by atoms with Crippen LogP contribution in [0.25, 0.3) is 0 Å². The molecule has 2 saturated heterocycles. The fourth-order valence-corrected chi connectivity index (χ4v) is 11.3. The average molecular weight is 990 g/mol. The predicted molar refractivity (Wildman–Crippen MR) is 279 cm³/mol. The Hall–Kier alpha value is -2.33. The minimum atomic E-state index is -1.91. The summed E-state index contributed by atoms with van der Waals surface area (Å²) in [5.74, 6) is 2.42. The van der Waals surface area contributed by atoms with Crippen LogP contribution in [0.4, 0.5) is 0 Å². The van der Waals surface area contributed by atoms with Crippen molar-refractivity contribution in [2.75, 3.05) is 0 Å². The highest BCUT2D eigenvalue weighted by Gasteiger charge is 2.44. The first kappa shape index (κ1) is 59.0. The maximum absolute atomic E-state index is 12.3. The molecule has 14 atom stereocenters. The molecule has 2 fully saturated rings. The van der Waals surface area contributed by atoms with Gasteiger partial charge in [-0.25, -0.2) is 4.98 Å². The summed E-state index contributed by atoms with van der Waals surface area (Å²) in [7, 11) is -3.30. The molecule has 6 aliphatic rings. The number of H-pyrrole nitrogens is 1. The summed E-state index contributed by atoms with van der Waals surface area (Å²) in [6.45, 7) is 30.9. The van der Waals surface area contributed by atoms with Gasteiger partial charge in [0.15, 0.2) is 15.7 Å². The molecule has 1 aromatic rings. The predicted octanol–water partition coefficient (Wildman–Crippen LogP) is 12.5. The summed E-state index contributed by atoms with van der Waals surface area (Å²) in [5, 5.41) is 31.6. The first-order chi connectivity index (χ1) is 30.6. The minimum Gasteiger partial charge on any atom is -0.462 e. The highest BCUT2D eigenvalue weighted by molar-refractivity contribution is 7.20. The summed E-state index contributed by atoms with van der Waals surface area (Å²) in [6.07, 6.45) is 24.1. The largest absolute Gasteiger partial charge is 0.462 e. The van der Waals surface area contributed by atoms with Crippen LogP contribution in [0, 0.1) is 47.3 Å². The number of imidazole rings is 1. The lowest BCUT2D eigenvalue weighted by Gasteiger charge is -2.43. The zero-order valence-electron chi connectivity index (χ0n) is 43.1. The van der Waals surface area contributed by atoms with E-state index in [1.165, 1.54) is 11.1 Å². The van der Waals surface area contributed by atoms with Gasteiger partial charge in [-0.3, -0.25) is 9.59 Å². The first-order valence-corrected chi connectivity index (χ1v) is 32.0. The standard InChI is InChI=1S/C25H42O4Si.C19H28O4.C6H15ClSi.C3H4N2.CH4/c1-16-12-18-9-8-17(2)21(24(18)22(26)13-16)11-10-19-14-20(15-23(27)28-19)29-30(6,7)25(3,4)5;1-11-7-13-4-3-12(2)16(19(13)17(21)8-11)6-5-15-9-14(20)10-18(22)23-15;1-6(2,3)8(4,5)7;1-2-5-3-4-1;/h8-9,12,16-17,19-22,24,26H,10-11,13-15H2,1-7H3;3-4,7,11-12,14-17,19-21H,5-6,8-10H2,1-2H3;1-5H3;1-3H,(H,4,5);1H4. The number of aromatic amines is 1. The van der Waals surface area contributed by atoms with E-state index >= 15 is 0 Å². The Balaban J connectivity index is 0.000000282. The third kappa shape index (κ3) is 17.5. The van der Waals surface area contributed by atoms with Gasteiger partial charge >= 0.3 is 11.9 Å². The van der Waals surface area contributed by atoms with Crippen molar-refractivity contribution < 1.29 is 38.8 Å². The van der Waals surface area contributed by atoms with Crippen molar-refractivity contribution in [3.05, 3.63) is 66.3 Å².